The van der Waals surface area contributed by atoms with E-state index < -0.39 is 5.60 Å². The predicted octanol–water partition coefficient (Wildman–Crippen LogP) is 1.23. The van der Waals surface area contributed by atoms with Crippen LogP contribution in [0, 0.1) is 0 Å². The van der Waals surface area contributed by atoms with E-state index in [1.165, 1.54) is 0 Å². The molecule has 0 aromatic heterocycles. The summed E-state index contributed by atoms with van der Waals surface area (Å²) in [7, 11) is 1.67. The maximum Gasteiger partial charge on any atom is 0.410 e. The van der Waals surface area contributed by atoms with E-state index in [0.717, 1.165) is 19.5 Å². The summed E-state index contributed by atoms with van der Waals surface area (Å²) in [6, 6.07) is 0.165. The summed E-state index contributed by atoms with van der Waals surface area (Å²) in [6.45, 7) is 8.64. The van der Waals surface area contributed by atoms with Crippen molar-refractivity contribution >= 4 is 6.09 Å². The quantitative estimate of drug-likeness (QED) is 0.811. The van der Waals surface area contributed by atoms with E-state index in [-0.39, 0.29) is 12.1 Å². The molecule has 0 aromatic carbocycles. The van der Waals surface area contributed by atoms with Crippen molar-refractivity contribution in [1.82, 2.24) is 10.2 Å². The van der Waals surface area contributed by atoms with Crippen LogP contribution in [-0.4, -0.2) is 56.0 Å². The Morgan fingerprint density at radius 1 is 1.47 bits per heavy atom. The first-order chi connectivity index (χ1) is 7.94. The smallest absolute Gasteiger partial charge is 0.410 e. The Morgan fingerprint density at radius 2 is 2.18 bits per heavy atom. The molecule has 1 aliphatic heterocycles. The molecule has 1 N–H and O–H groups in total. The van der Waals surface area contributed by atoms with Gasteiger partial charge >= 0.3 is 6.09 Å². The van der Waals surface area contributed by atoms with Gasteiger partial charge in [-0.15, -0.1) is 0 Å². The van der Waals surface area contributed by atoms with Gasteiger partial charge in [-0.2, -0.15) is 0 Å². The van der Waals surface area contributed by atoms with Gasteiger partial charge in [0.25, 0.3) is 0 Å². The van der Waals surface area contributed by atoms with Gasteiger partial charge in [0.2, 0.25) is 0 Å². The minimum absolute atomic E-state index is 0.165. The molecule has 1 amide bonds. The molecule has 0 bridgehead atoms. The molecule has 5 heteroatoms. The van der Waals surface area contributed by atoms with E-state index >= 15 is 0 Å². The van der Waals surface area contributed by atoms with Crippen molar-refractivity contribution in [2.45, 2.75) is 38.8 Å². The van der Waals surface area contributed by atoms with Gasteiger partial charge < -0.3 is 19.7 Å². The fourth-order valence-corrected chi connectivity index (χ4v) is 1.83. The van der Waals surface area contributed by atoms with Crippen LogP contribution >= 0.6 is 0 Å². The fraction of sp³-hybridized carbons (Fsp3) is 0.917. The van der Waals surface area contributed by atoms with Crippen LogP contribution < -0.4 is 5.32 Å². The topological polar surface area (TPSA) is 50.8 Å². The summed E-state index contributed by atoms with van der Waals surface area (Å²) in [5, 5.41) is 3.29. The SMILES string of the molecule is COCC[C@@H]1CNCCN1C(=O)OC(C)(C)C. The molecule has 0 unspecified atom stereocenters. The number of carbonyl (C=O) groups is 1. The molecular weight excluding hydrogens is 220 g/mol. The van der Waals surface area contributed by atoms with Crippen LogP contribution in [0.25, 0.3) is 0 Å². The molecule has 0 aliphatic carbocycles. The van der Waals surface area contributed by atoms with Crippen LogP contribution in [0.4, 0.5) is 4.79 Å². The third-order valence-corrected chi connectivity index (χ3v) is 2.63. The van der Waals surface area contributed by atoms with E-state index in [1.807, 2.05) is 20.8 Å². The zero-order valence-electron chi connectivity index (χ0n) is 11.3. The lowest BCUT2D eigenvalue weighted by Crippen LogP contribution is -2.55. The molecule has 0 aromatic rings. The molecule has 1 rings (SSSR count). The first-order valence-electron chi connectivity index (χ1n) is 6.13. The third-order valence-electron chi connectivity index (χ3n) is 2.63. The van der Waals surface area contributed by atoms with E-state index in [0.29, 0.717) is 13.2 Å². The van der Waals surface area contributed by atoms with Gasteiger partial charge in [0.15, 0.2) is 0 Å². The van der Waals surface area contributed by atoms with Crippen molar-refractivity contribution in [3.63, 3.8) is 0 Å². The summed E-state index contributed by atoms with van der Waals surface area (Å²) in [5.74, 6) is 0. The van der Waals surface area contributed by atoms with Gasteiger partial charge in [0, 0.05) is 39.4 Å². The highest BCUT2D eigenvalue weighted by Crippen LogP contribution is 2.14. The molecule has 1 aliphatic rings. The van der Waals surface area contributed by atoms with Crippen molar-refractivity contribution in [2.75, 3.05) is 33.4 Å². The van der Waals surface area contributed by atoms with Crippen LogP contribution in [0.2, 0.25) is 0 Å². The Bertz CT molecular complexity index is 251. The van der Waals surface area contributed by atoms with Crippen molar-refractivity contribution in [3.8, 4) is 0 Å². The standard InChI is InChI=1S/C12H24N2O3/c1-12(2,3)17-11(15)14-7-6-13-9-10(14)5-8-16-4/h10,13H,5-9H2,1-4H3/t10-/m1/s1. The van der Waals surface area contributed by atoms with Crippen LogP contribution in [-0.2, 0) is 9.47 Å². The zero-order chi connectivity index (χ0) is 12.9. The Balaban J connectivity index is 2.54. The van der Waals surface area contributed by atoms with Gasteiger partial charge in [-0.05, 0) is 27.2 Å². The summed E-state index contributed by atoms with van der Waals surface area (Å²) >= 11 is 0. The Hall–Kier alpha value is -0.810. The van der Waals surface area contributed by atoms with Crippen molar-refractivity contribution < 1.29 is 14.3 Å². The second-order valence-corrected chi connectivity index (χ2v) is 5.31. The predicted molar refractivity (Wildman–Crippen MR) is 66.1 cm³/mol. The first-order valence-corrected chi connectivity index (χ1v) is 6.13. The number of nitrogens with zero attached hydrogens (tertiary/aromatic N) is 1. The molecule has 0 spiro atoms. The van der Waals surface area contributed by atoms with Crippen LogP contribution in [0.1, 0.15) is 27.2 Å². The van der Waals surface area contributed by atoms with Gasteiger partial charge in [-0.1, -0.05) is 0 Å². The molecular formula is C12H24N2O3. The lowest BCUT2D eigenvalue weighted by molar-refractivity contribution is 0.00846. The number of hydrogen-bond acceptors (Lipinski definition) is 4. The second-order valence-electron chi connectivity index (χ2n) is 5.31. The summed E-state index contributed by atoms with van der Waals surface area (Å²) < 4.78 is 10.5. The molecule has 1 heterocycles. The molecule has 100 valence electrons. The van der Waals surface area contributed by atoms with E-state index in [2.05, 4.69) is 5.32 Å². The van der Waals surface area contributed by atoms with Crippen LogP contribution in [0.5, 0.6) is 0 Å². The van der Waals surface area contributed by atoms with Crippen molar-refractivity contribution in [3.05, 3.63) is 0 Å². The minimum atomic E-state index is -0.437. The number of rotatable bonds is 3. The van der Waals surface area contributed by atoms with Gasteiger partial charge in [0.05, 0.1) is 0 Å². The van der Waals surface area contributed by atoms with E-state index in [4.69, 9.17) is 9.47 Å². The Morgan fingerprint density at radius 3 is 2.76 bits per heavy atom. The summed E-state index contributed by atoms with van der Waals surface area (Å²) in [4.78, 5) is 13.8. The second kappa shape index (κ2) is 6.21. The number of amides is 1. The number of hydrogen-bond donors (Lipinski definition) is 1. The highest BCUT2D eigenvalue weighted by molar-refractivity contribution is 5.68. The van der Waals surface area contributed by atoms with Crippen LogP contribution in [0.3, 0.4) is 0 Å². The summed E-state index contributed by atoms with van der Waals surface area (Å²) in [6.07, 6.45) is 0.614. The highest BCUT2D eigenvalue weighted by atomic mass is 16.6. The van der Waals surface area contributed by atoms with Gasteiger partial charge in [-0.25, -0.2) is 4.79 Å². The molecule has 0 saturated carbocycles. The number of nitrogens with one attached hydrogen (secondary N) is 1. The van der Waals surface area contributed by atoms with Gasteiger partial charge in [-0.3, -0.25) is 0 Å². The normalized spacial score (nSPS) is 21.4. The molecule has 1 fully saturated rings. The van der Waals surface area contributed by atoms with Crippen molar-refractivity contribution in [2.24, 2.45) is 0 Å². The first kappa shape index (κ1) is 14.3. The monoisotopic (exact) mass is 244 g/mol. The minimum Gasteiger partial charge on any atom is -0.444 e. The number of ether oxygens (including phenoxy) is 2. The van der Waals surface area contributed by atoms with Crippen LogP contribution in [0.15, 0.2) is 0 Å². The van der Waals surface area contributed by atoms with Gasteiger partial charge in [0.1, 0.15) is 5.60 Å². The molecule has 5 nitrogen and oxygen atoms in total. The Labute approximate surface area is 103 Å². The van der Waals surface area contributed by atoms with E-state index in [1.54, 1.807) is 12.0 Å². The average molecular weight is 244 g/mol. The Kier molecular flexibility index (Phi) is 5.21. The molecule has 0 radical (unpaired) electrons. The molecule has 1 atom stereocenters. The average Bonchev–Trinajstić information content (AvgIpc) is 2.24. The lowest BCUT2D eigenvalue weighted by atomic mass is 10.1. The number of piperazine rings is 1. The molecule has 17 heavy (non-hydrogen) atoms. The summed E-state index contributed by atoms with van der Waals surface area (Å²) in [5.41, 5.74) is -0.437. The van der Waals surface area contributed by atoms with Crippen molar-refractivity contribution in [1.29, 1.82) is 0 Å². The van der Waals surface area contributed by atoms with E-state index in [9.17, 15) is 4.79 Å². The fourth-order valence-electron chi connectivity index (χ4n) is 1.83. The molecule has 1 saturated heterocycles. The lowest BCUT2D eigenvalue weighted by Gasteiger charge is -2.37. The number of carbonyl (C=O) groups excluding carboxylic acids is 1. The third kappa shape index (κ3) is 4.91. The maximum absolute atomic E-state index is 12.0. The highest BCUT2D eigenvalue weighted by Gasteiger charge is 2.29. The zero-order valence-corrected chi connectivity index (χ0v) is 11.3. The maximum atomic E-state index is 12.0. The largest absolute Gasteiger partial charge is 0.444 e. The number of methoxy groups -OCH3 is 1.